The number of benzene rings is 2. The molecule has 8 bridgehead atoms. The number of alkyl halides is 12. The summed E-state index contributed by atoms with van der Waals surface area (Å²) in [5.74, 6) is 0. The second kappa shape index (κ2) is 11.1. The number of halogens is 12. The van der Waals surface area contributed by atoms with Crippen LogP contribution in [0.4, 0.5) is 52.7 Å². The summed E-state index contributed by atoms with van der Waals surface area (Å²) in [6, 6.07) is 10.1. The van der Waals surface area contributed by atoms with Crippen molar-refractivity contribution in [3.8, 4) is 0 Å². The second-order valence-corrected chi connectivity index (χ2v) is 11.6. The van der Waals surface area contributed by atoms with Gasteiger partial charge in [-0.05, 0) is 90.0 Å². The van der Waals surface area contributed by atoms with E-state index in [4.69, 9.17) is 0 Å². The van der Waals surface area contributed by atoms with Crippen LogP contribution >= 0.6 is 0 Å². The summed E-state index contributed by atoms with van der Waals surface area (Å²) in [6.07, 6.45) is -17.6. The van der Waals surface area contributed by atoms with E-state index in [0.29, 0.717) is 24.3 Å². The zero-order valence-electron chi connectivity index (χ0n) is 24.6. The SMILES string of the molecule is FC(F)(F)c1cc(/C2=c3\cc/c([nH]3)=c3\cc/c([nH]3)=C(\c3cc(C(F)(F)F)cc(C(F)(F)F)c3)c3ccc([nH]3)C3C=CC2=N3)cc(C(F)(F)F)c1. The molecule has 2 aromatic carbocycles. The third kappa shape index (κ3) is 6.02. The minimum absolute atomic E-state index is 0.00753. The number of allylic oxidation sites excluding steroid dienone is 1. The lowest BCUT2D eigenvalue weighted by molar-refractivity contribution is -0.144. The summed E-state index contributed by atoms with van der Waals surface area (Å²) in [6.45, 7) is 0. The summed E-state index contributed by atoms with van der Waals surface area (Å²) in [5, 5.41) is 0.664. The molecule has 0 fully saturated rings. The fourth-order valence-electron chi connectivity index (χ4n) is 5.96. The molecule has 3 N–H and O–H groups in total. The Labute approximate surface area is 271 Å². The first-order valence-corrected chi connectivity index (χ1v) is 14.4. The van der Waals surface area contributed by atoms with Crippen molar-refractivity contribution in [2.45, 2.75) is 30.7 Å². The molecule has 5 aromatic rings. The molecule has 0 aliphatic carbocycles. The Morgan fingerprint density at radius 3 is 1.34 bits per heavy atom. The van der Waals surface area contributed by atoms with Gasteiger partial charge in [-0.1, -0.05) is 6.08 Å². The number of aromatic amines is 3. The molecule has 50 heavy (non-hydrogen) atoms. The molecular formula is C34H18F12N4. The van der Waals surface area contributed by atoms with Crippen molar-refractivity contribution in [2.24, 2.45) is 4.99 Å². The summed E-state index contributed by atoms with van der Waals surface area (Å²) in [5.41, 5.74) is -6.72. The van der Waals surface area contributed by atoms with Crippen LogP contribution in [0.25, 0.3) is 11.1 Å². The smallest absolute Gasteiger partial charge is 0.356 e. The highest BCUT2D eigenvalue weighted by atomic mass is 19.4. The summed E-state index contributed by atoms with van der Waals surface area (Å²) < 4.78 is 166. The molecule has 0 saturated carbocycles. The number of rotatable bonds is 2. The van der Waals surface area contributed by atoms with Crippen molar-refractivity contribution in [2.75, 3.05) is 0 Å². The highest BCUT2D eigenvalue weighted by molar-refractivity contribution is 6.29. The zero-order valence-corrected chi connectivity index (χ0v) is 24.6. The van der Waals surface area contributed by atoms with Crippen LogP contribution < -0.4 is 10.7 Å². The molecule has 7 rings (SSSR count). The molecule has 16 heteroatoms. The molecule has 2 aliphatic heterocycles. The fraction of sp³-hybridized carbons (Fsp3) is 0.147. The van der Waals surface area contributed by atoms with E-state index in [1.807, 2.05) is 0 Å². The highest BCUT2D eigenvalue weighted by Crippen LogP contribution is 2.40. The van der Waals surface area contributed by atoms with Gasteiger partial charge in [0.1, 0.15) is 6.04 Å². The van der Waals surface area contributed by atoms with Crippen LogP contribution in [-0.4, -0.2) is 20.7 Å². The van der Waals surface area contributed by atoms with Gasteiger partial charge in [0.15, 0.2) is 0 Å². The minimum atomic E-state index is -5.12. The Hall–Kier alpha value is -5.41. The van der Waals surface area contributed by atoms with Gasteiger partial charge < -0.3 is 15.0 Å². The Morgan fingerprint density at radius 2 is 0.880 bits per heavy atom. The quantitative estimate of drug-likeness (QED) is 0.154. The number of H-pyrrole nitrogens is 3. The lowest BCUT2D eigenvalue weighted by atomic mass is 9.95. The molecule has 3 aromatic heterocycles. The van der Waals surface area contributed by atoms with E-state index in [0.717, 1.165) is 0 Å². The van der Waals surface area contributed by atoms with E-state index in [9.17, 15) is 52.7 Å². The number of aliphatic imine (C=N–C) groups is 1. The summed E-state index contributed by atoms with van der Waals surface area (Å²) in [7, 11) is 0. The van der Waals surface area contributed by atoms with Crippen LogP contribution in [0.15, 0.2) is 89.9 Å². The fourth-order valence-corrected chi connectivity index (χ4v) is 5.96. The molecule has 4 nitrogen and oxygen atoms in total. The van der Waals surface area contributed by atoms with Crippen LogP contribution in [0.5, 0.6) is 0 Å². The van der Waals surface area contributed by atoms with Gasteiger partial charge in [0.05, 0.1) is 38.7 Å². The third-order valence-electron chi connectivity index (χ3n) is 8.22. The third-order valence-corrected chi connectivity index (χ3v) is 8.22. The molecule has 5 heterocycles. The van der Waals surface area contributed by atoms with Crippen LogP contribution in [0, 0.1) is 10.7 Å². The largest absolute Gasteiger partial charge is 0.416 e. The number of aromatic nitrogens is 3. The van der Waals surface area contributed by atoms with Crippen LogP contribution in [0.2, 0.25) is 0 Å². The van der Waals surface area contributed by atoms with Crippen molar-refractivity contribution in [3.63, 3.8) is 0 Å². The Morgan fingerprint density at radius 1 is 0.460 bits per heavy atom. The van der Waals surface area contributed by atoms with Gasteiger partial charge in [0, 0.05) is 33.2 Å². The molecule has 0 amide bonds. The highest BCUT2D eigenvalue weighted by Gasteiger charge is 2.39. The van der Waals surface area contributed by atoms with Gasteiger partial charge in [-0.15, -0.1) is 0 Å². The standard InChI is InChI=1S/C34H18F12N4/c35-31(36,37)17-9-15(10-18(13-17)32(38,39)40)29-25-5-1-21(47-25)22-2-6-27(48-22)30(28-8-4-24(50-28)23-3-7-26(29)49-23)16-11-19(33(41,42)43)14-20(12-16)34(44,45)46/h1-14,21,48-50H/b24-23-,29-26-,30-28-. The Kier molecular flexibility index (Phi) is 7.32. The van der Waals surface area contributed by atoms with Crippen molar-refractivity contribution in [1.82, 2.24) is 15.0 Å². The normalized spacial score (nSPS) is 19.4. The first-order valence-electron chi connectivity index (χ1n) is 14.4. The van der Waals surface area contributed by atoms with E-state index in [2.05, 4.69) is 19.9 Å². The van der Waals surface area contributed by atoms with E-state index in [-0.39, 0.29) is 61.8 Å². The molecule has 258 valence electrons. The van der Waals surface area contributed by atoms with E-state index in [1.165, 1.54) is 48.6 Å². The van der Waals surface area contributed by atoms with E-state index >= 15 is 0 Å². The van der Waals surface area contributed by atoms with Crippen molar-refractivity contribution in [1.29, 1.82) is 0 Å². The lowest BCUT2D eigenvalue weighted by Crippen LogP contribution is -2.17. The average Bonchev–Trinajstić information content (AvgIpc) is 3.83. The van der Waals surface area contributed by atoms with Crippen LogP contribution in [0.3, 0.4) is 0 Å². The molecule has 1 atom stereocenters. The molecule has 0 radical (unpaired) electrons. The Bertz CT molecular complexity index is 2380. The molecule has 1 unspecified atom stereocenters. The number of fused-ring (bicyclic) bond motifs is 8. The average molecular weight is 711 g/mol. The number of nitrogens with zero attached hydrogens (tertiary/aromatic N) is 1. The van der Waals surface area contributed by atoms with Gasteiger partial charge in [-0.25, -0.2) is 0 Å². The summed E-state index contributed by atoms with van der Waals surface area (Å²) in [4.78, 5) is 13.5. The first-order chi connectivity index (χ1) is 23.3. The maximum atomic E-state index is 13.8. The lowest BCUT2D eigenvalue weighted by Gasteiger charge is -2.16. The molecule has 2 aliphatic rings. The van der Waals surface area contributed by atoms with Gasteiger partial charge in [0.2, 0.25) is 0 Å². The first kappa shape index (κ1) is 33.1. The zero-order chi connectivity index (χ0) is 36.0. The predicted molar refractivity (Wildman–Crippen MR) is 156 cm³/mol. The maximum Gasteiger partial charge on any atom is 0.416 e. The number of hydrogen-bond acceptors (Lipinski definition) is 1. The van der Waals surface area contributed by atoms with E-state index in [1.54, 1.807) is 0 Å². The van der Waals surface area contributed by atoms with E-state index < -0.39 is 64.1 Å². The van der Waals surface area contributed by atoms with Gasteiger partial charge in [0.25, 0.3) is 0 Å². The van der Waals surface area contributed by atoms with Crippen molar-refractivity contribution in [3.05, 3.63) is 151 Å². The van der Waals surface area contributed by atoms with Gasteiger partial charge >= 0.3 is 24.7 Å². The van der Waals surface area contributed by atoms with Gasteiger partial charge in [-0.3, -0.25) is 4.99 Å². The number of nitrogens with one attached hydrogen (secondary N) is 3. The molecular weight excluding hydrogens is 692 g/mol. The monoisotopic (exact) mass is 710 g/mol. The molecule has 0 spiro atoms. The second-order valence-electron chi connectivity index (χ2n) is 11.6. The maximum absolute atomic E-state index is 13.8. The Balaban J connectivity index is 1.56. The topological polar surface area (TPSA) is 59.7 Å². The van der Waals surface area contributed by atoms with Gasteiger partial charge in [-0.2, -0.15) is 52.7 Å². The predicted octanol–water partition coefficient (Wildman–Crippen LogP) is 8.54. The summed E-state index contributed by atoms with van der Waals surface area (Å²) >= 11 is 0. The van der Waals surface area contributed by atoms with Crippen molar-refractivity contribution < 1.29 is 52.7 Å². The minimum Gasteiger partial charge on any atom is -0.356 e. The van der Waals surface area contributed by atoms with Crippen molar-refractivity contribution >= 4 is 16.9 Å². The van der Waals surface area contributed by atoms with Crippen LogP contribution in [0.1, 0.15) is 50.8 Å². The molecule has 0 saturated heterocycles. The van der Waals surface area contributed by atoms with Crippen LogP contribution in [-0.2, 0) is 24.7 Å². The number of hydrogen-bond donors (Lipinski definition) is 3.